The maximum atomic E-state index is 5.90. The third kappa shape index (κ3) is 2.01. The summed E-state index contributed by atoms with van der Waals surface area (Å²) in [6.45, 7) is 0.613. The van der Waals surface area contributed by atoms with E-state index in [-0.39, 0.29) is 6.04 Å². The molecule has 1 aromatic carbocycles. The van der Waals surface area contributed by atoms with Gasteiger partial charge in [0.1, 0.15) is 12.4 Å². The Hall–Kier alpha value is -1.87. The van der Waals surface area contributed by atoms with E-state index >= 15 is 0 Å². The minimum absolute atomic E-state index is 0.107. The fourth-order valence-electron chi connectivity index (χ4n) is 2.14. The second-order valence-electron chi connectivity index (χ2n) is 4.33. The van der Waals surface area contributed by atoms with Crippen molar-refractivity contribution in [2.45, 2.75) is 12.5 Å². The highest BCUT2D eigenvalue weighted by molar-refractivity contribution is 5.65. The predicted molar refractivity (Wildman–Crippen MR) is 66.8 cm³/mol. The van der Waals surface area contributed by atoms with Crippen LogP contribution in [0.5, 0.6) is 5.75 Å². The van der Waals surface area contributed by atoms with Crippen molar-refractivity contribution in [2.75, 3.05) is 6.61 Å². The summed E-state index contributed by atoms with van der Waals surface area (Å²) in [6, 6.07) is 10.4. The molecule has 0 aliphatic carbocycles. The molecule has 0 radical (unpaired) electrons. The number of rotatable bonds is 1. The van der Waals surface area contributed by atoms with Crippen molar-refractivity contribution in [3.63, 3.8) is 0 Å². The van der Waals surface area contributed by atoms with Gasteiger partial charge in [-0.2, -0.15) is 0 Å². The minimum Gasteiger partial charge on any atom is -0.492 e. The van der Waals surface area contributed by atoms with E-state index in [2.05, 4.69) is 17.1 Å². The summed E-state index contributed by atoms with van der Waals surface area (Å²) in [7, 11) is 0. The molecule has 1 aliphatic rings. The van der Waals surface area contributed by atoms with Gasteiger partial charge >= 0.3 is 0 Å². The summed E-state index contributed by atoms with van der Waals surface area (Å²) in [5.41, 5.74) is 9.45. The summed E-state index contributed by atoms with van der Waals surface area (Å²) in [5.74, 6) is 0.963. The Morgan fingerprint density at radius 1 is 1.12 bits per heavy atom. The van der Waals surface area contributed by atoms with Crippen LogP contribution in [0, 0.1) is 0 Å². The van der Waals surface area contributed by atoms with Gasteiger partial charge in [0.15, 0.2) is 0 Å². The smallest absolute Gasteiger partial charge is 0.122 e. The molecule has 1 atom stereocenters. The summed E-state index contributed by atoms with van der Waals surface area (Å²) in [4.78, 5) is 4.03. The predicted octanol–water partition coefficient (Wildman–Crippen LogP) is 2.01. The number of hydrogen-bond donors (Lipinski definition) is 1. The Labute approximate surface area is 100 Å². The standard InChI is InChI=1S/C14H14N2O/c15-13-8-12-7-11(1-2-14(12)17-9-13)10-3-5-16-6-4-10/h1-7,13H,8-9,15H2. The average Bonchev–Trinajstić information content (AvgIpc) is 2.39. The van der Waals surface area contributed by atoms with Gasteiger partial charge in [0.25, 0.3) is 0 Å². The molecule has 1 unspecified atom stereocenters. The molecule has 2 N–H and O–H groups in total. The number of nitrogens with zero attached hydrogens (tertiary/aromatic N) is 1. The molecule has 17 heavy (non-hydrogen) atoms. The highest BCUT2D eigenvalue weighted by Crippen LogP contribution is 2.29. The highest BCUT2D eigenvalue weighted by atomic mass is 16.5. The zero-order valence-electron chi connectivity index (χ0n) is 9.47. The quantitative estimate of drug-likeness (QED) is 0.809. The van der Waals surface area contributed by atoms with E-state index in [1.807, 2.05) is 18.2 Å². The van der Waals surface area contributed by atoms with Crippen LogP contribution in [0.4, 0.5) is 0 Å². The molecule has 0 saturated heterocycles. The van der Waals surface area contributed by atoms with Crippen LogP contribution in [0.3, 0.4) is 0 Å². The first-order chi connectivity index (χ1) is 8.33. The van der Waals surface area contributed by atoms with E-state index in [0.29, 0.717) is 6.61 Å². The number of benzene rings is 1. The SMILES string of the molecule is NC1COc2ccc(-c3ccncc3)cc2C1. The average molecular weight is 226 g/mol. The zero-order chi connectivity index (χ0) is 11.7. The topological polar surface area (TPSA) is 48.1 Å². The van der Waals surface area contributed by atoms with Gasteiger partial charge in [-0.05, 0) is 47.4 Å². The van der Waals surface area contributed by atoms with Gasteiger partial charge in [-0.25, -0.2) is 0 Å². The van der Waals surface area contributed by atoms with Crippen LogP contribution in [-0.4, -0.2) is 17.6 Å². The molecule has 2 heterocycles. The zero-order valence-corrected chi connectivity index (χ0v) is 9.47. The van der Waals surface area contributed by atoms with Crippen LogP contribution in [0.25, 0.3) is 11.1 Å². The van der Waals surface area contributed by atoms with Crippen LogP contribution in [-0.2, 0) is 6.42 Å². The monoisotopic (exact) mass is 226 g/mol. The van der Waals surface area contributed by atoms with E-state index in [1.165, 1.54) is 16.7 Å². The van der Waals surface area contributed by atoms with Crippen LogP contribution in [0.1, 0.15) is 5.56 Å². The Balaban J connectivity index is 2.01. The fraction of sp³-hybridized carbons (Fsp3) is 0.214. The molecule has 2 aromatic rings. The highest BCUT2D eigenvalue weighted by Gasteiger charge is 2.16. The van der Waals surface area contributed by atoms with Crippen molar-refractivity contribution in [3.05, 3.63) is 48.3 Å². The van der Waals surface area contributed by atoms with E-state index in [9.17, 15) is 0 Å². The van der Waals surface area contributed by atoms with Gasteiger partial charge in [-0.1, -0.05) is 6.07 Å². The molecule has 0 bridgehead atoms. The molecule has 0 spiro atoms. The summed E-state index contributed by atoms with van der Waals surface area (Å²) in [6.07, 6.45) is 4.49. The number of hydrogen-bond acceptors (Lipinski definition) is 3. The lowest BCUT2D eigenvalue weighted by atomic mass is 9.98. The molecule has 3 rings (SSSR count). The van der Waals surface area contributed by atoms with Crippen LogP contribution in [0.15, 0.2) is 42.7 Å². The second kappa shape index (κ2) is 4.18. The number of ether oxygens (including phenoxy) is 1. The fourth-order valence-corrected chi connectivity index (χ4v) is 2.14. The van der Waals surface area contributed by atoms with Crippen molar-refractivity contribution < 1.29 is 4.74 Å². The Morgan fingerprint density at radius 3 is 2.76 bits per heavy atom. The van der Waals surface area contributed by atoms with Gasteiger partial charge in [-0.3, -0.25) is 4.98 Å². The van der Waals surface area contributed by atoms with Crippen LogP contribution in [0.2, 0.25) is 0 Å². The Morgan fingerprint density at radius 2 is 1.94 bits per heavy atom. The van der Waals surface area contributed by atoms with E-state index in [4.69, 9.17) is 10.5 Å². The molecule has 3 heteroatoms. The summed E-state index contributed by atoms with van der Waals surface area (Å²) < 4.78 is 5.59. The van der Waals surface area contributed by atoms with Gasteiger partial charge in [-0.15, -0.1) is 0 Å². The van der Waals surface area contributed by atoms with E-state index in [0.717, 1.165) is 12.2 Å². The van der Waals surface area contributed by atoms with E-state index in [1.54, 1.807) is 12.4 Å². The lowest BCUT2D eigenvalue weighted by Gasteiger charge is -2.22. The van der Waals surface area contributed by atoms with Crippen molar-refractivity contribution in [1.82, 2.24) is 4.98 Å². The molecule has 3 nitrogen and oxygen atoms in total. The van der Waals surface area contributed by atoms with Crippen molar-refractivity contribution in [1.29, 1.82) is 0 Å². The normalized spacial score (nSPS) is 18.3. The lowest BCUT2D eigenvalue weighted by molar-refractivity contribution is 0.263. The third-order valence-corrected chi connectivity index (χ3v) is 3.01. The van der Waals surface area contributed by atoms with Crippen LogP contribution >= 0.6 is 0 Å². The van der Waals surface area contributed by atoms with Crippen molar-refractivity contribution in [2.24, 2.45) is 5.73 Å². The first-order valence-corrected chi connectivity index (χ1v) is 5.74. The molecule has 86 valence electrons. The summed E-state index contributed by atoms with van der Waals surface area (Å²) >= 11 is 0. The molecule has 0 saturated carbocycles. The molecule has 0 fully saturated rings. The number of nitrogens with two attached hydrogens (primary N) is 1. The molecule has 0 amide bonds. The molecular formula is C14H14N2O. The lowest BCUT2D eigenvalue weighted by Crippen LogP contribution is -2.33. The van der Waals surface area contributed by atoms with Crippen molar-refractivity contribution >= 4 is 0 Å². The van der Waals surface area contributed by atoms with Gasteiger partial charge < -0.3 is 10.5 Å². The Kier molecular flexibility index (Phi) is 2.53. The minimum atomic E-state index is 0.107. The first kappa shape index (κ1) is 10.3. The van der Waals surface area contributed by atoms with Crippen molar-refractivity contribution in [3.8, 4) is 16.9 Å². The molecule has 1 aromatic heterocycles. The number of fused-ring (bicyclic) bond motifs is 1. The molecule has 1 aliphatic heterocycles. The van der Waals surface area contributed by atoms with Gasteiger partial charge in [0.05, 0.1) is 0 Å². The summed E-state index contributed by atoms with van der Waals surface area (Å²) in [5, 5.41) is 0. The maximum Gasteiger partial charge on any atom is 0.122 e. The first-order valence-electron chi connectivity index (χ1n) is 5.74. The number of pyridine rings is 1. The number of aromatic nitrogens is 1. The van der Waals surface area contributed by atoms with E-state index < -0.39 is 0 Å². The third-order valence-electron chi connectivity index (χ3n) is 3.01. The van der Waals surface area contributed by atoms with Gasteiger partial charge in [0, 0.05) is 18.4 Å². The van der Waals surface area contributed by atoms with Gasteiger partial charge in [0.2, 0.25) is 0 Å². The van der Waals surface area contributed by atoms with Crippen LogP contribution < -0.4 is 10.5 Å². The largest absolute Gasteiger partial charge is 0.492 e. The molecular weight excluding hydrogens is 212 g/mol. The Bertz CT molecular complexity index is 525. The second-order valence-corrected chi connectivity index (χ2v) is 4.33. The maximum absolute atomic E-state index is 5.90.